The molecule has 0 unspecified atom stereocenters. The summed E-state index contributed by atoms with van der Waals surface area (Å²) in [5.74, 6) is 0.807. The Morgan fingerprint density at radius 1 is 1.09 bits per heavy atom. The minimum atomic E-state index is -0.657. The minimum Gasteiger partial charge on any atom is -0.388 e. The van der Waals surface area contributed by atoms with E-state index in [1.807, 2.05) is 0 Å². The van der Waals surface area contributed by atoms with Gasteiger partial charge in [-0.25, -0.2) is 0 Å². The molecule has 3 N–H and O–H groups in total. The van der Waals surface area contributed by atoms with Gasteiger partial charge in [0.15, 0.2) is 5.96 Å². The zero-order chi connectivity index (χ0) is 16.1. The highest BCUT2D eigenvalue weighted by molar-refractivity contribution is 14.0. The standard InChI is InChI=1S/C16H36N4O.HI/c1-6-10-16(21,11-7-2)14-19-15(17-8-3)18-12-9-13-20(4)5;/h21H,6-14H2,1-5H3,(H2,17,18,19);1H. The predicted octanol–water partition coefficient (Wildman–Crippen LogP) is 2.44. The molecule has 0 amide bonds. The first-order valence-corrected chi connectivity index (χ1v) is 8.36. The molecule has 134 valence electrons. The summed E-state index contributed by atoms with van der Waals surface area (Å²) < 4.78 is 0. The van der Waals surface area contributed by atoms with Crippen LogP contribution in [0.5, 0.6) is 0 Å². The van der Waals surface area contributed by atoms with Crippen LogP contribution < -0.4 is 10.6 Å². The van der Waals surface area contributed by atoms with Gasteiger partial charge in [-0.3, -0.25) is 4.99 Å². The molecule has 0 aliphatic carbocycles. The van der Waals surface area contributed by atoms with Gasteiger partial charge in [-0.1, -0.05) is 26.7 Å². The molecule has 0 spiro atoms. The van der Waals surface area contributed by atoms with Gasteiger partial charge in [0.1, 0.15) is 0 Å². The molecule has 5 nitrogen and oxygen atoms in total. The van der Waals surface area contributed by atoms with E-state index in [0.29, 0.717) is 6.54 Å². The summed E-state index contributed by atoms with van der Waals surface area (Å²) in [7, 11) is 4.16. The van der Waals surface area contributed by atoms with E-state index in [2.05, 4.69) is 55.4 Å². The molecule has 0 atom stereocenters. The van der Waals surface area contributed by atoms with E-state index in [4.69, 9.17) is 0 Å². The van der Waals surface area contributed by atoms with Crippen molar-refractivity contribution in [3.8, 4) is 0 Å². The van der Waals surface area contributed by atoms with Gasteiger partial charge in [0.25, 0.3) is 0 Å². The van der Waals surface area contributed by atoms with Crippen LogP contribution in [0.2, 0.25) is 0 Å². The SMILES string of the molecule is CCCC(O)(CCC)CN=C(NCC)NCCCN(C)C.I. The molecule has 0 heterocycles. The molecule has 0 aromatic rings. The van der Waals surface area contributed by atoms with Crippen molar-refractivity contribution >= 4 is 29.9 Å². The third-order valence-electron chi connectivity index (χ3n) is 3.38. The lowest BCUT2D eigenvalue weighted by atomic mass is 9.93. The van der Waals surface area contributed by atoms with Crippen molar-refractivity contribution in [3.63, 3.8) is 0 Å². The molecule has 0 fully saturated rings. The number of guanidine groups is 1. The van der Waals surface area contributed by atoms with Crippen molar-refractivity contribution in [1.29, 1.82) is 0 Å². The van der Waals surface area contributed by atoms with Crippen molar-refractivity contribution in [2.24, 2.45) is 4.99 Å². The van der Waals surface area contributed by atoms with Crippen molar-refractivity contribution in [2.75, 3.05) is 40.3 Å². The van der Waals surface area contributed by atoms with Crippen molar-refractivity contribution < 1.29 is 5.11 Å². The first-order valence-electron chi connectivity index (χ1n) is 8.36. The quantitative estimate of drug-likeness (QED) is 0.205. The summed E-state index contributed by atoms with van der Waals surface area (Å²) in [4.78, 5) is 6.74. The molecule has 0 rings (SSSR count). The van der Waals surface area contributed by atoms with Gasteiger partial charge in [-0.05, 0) is 46.8 Å². The maximum Gasteiger partial charge on any atom is 0.191 e. The van der Waals surface area contributed by atoms with E-state index in [1.54, 1.807) is 0 Å². The number of hydrogen-bond acceptors (Lipinski definition) is 3. The Balaban J connectivity index is 0. The van der Waals surface area contributed by atoms with Crippen LogP contribution in [-0.2, 0) is 0 Å². The number of aliphatic hydroxyl groups is 1. The first-order chi connectivity index (χ1) is 9.97. The lowest BCUT2D eigenvalue weighted by Crippen LogP contribution is -2.40. The molecular formula is C16H37IN4O. The molecule has 6 heteroatoms. The Hall–Kier alpha value is -0.0800. The Morgan fingerprint density at radius 2 is 1.68 bits per heavy atom. The molecule has 0 bridgehead atoms. The molecule has 22 heavy (non-hydrogen) atoms. The molecular weight excluding hydrogens is 391 g/mol. The van der Waals surface area contributed by atoms with Crippen LogP contribution >= 0.6 is 24.0 Å². The van der Waals surface area contributed by atoms with Gasteiger partial charge in [0.2, 0.25) is 0 Å². The van der Waals surface area contributed by atoms with Gasteiger partial charge >= 0.3 is 0 Å². The van der Waals surface area contributed by atoms with Crippen LogP contribution in [0.3, 0.4) is 0 Å². The fraction of sp³-hybridized carbons (Fsp3) is 0.938. The fourth-order valence-electron chi connectivity index (χ4n) is 2.38. The predicted molar refractivity (Wildman–Crippen MR) is 107 cm³/mol. The fourth-order valence-corrected chi connectivity index (χ4v) is 2.38. The Labute approximate surface area is 154 Å². The summed E-state index contributed by atoms with van der Waals surface area (Å²) >= 11 is 0. The maximum atomic E-state index is 10.6. The van der Waals surface area contributed by atoms with Gasteiger partial charge in [0, 0.05) is 13.1 Å². The highest BCUT2D eigenvalue weighted by atomic mass is 127. The number of aliphatic imine (C=N–C) groups is 1. The Kier molecular flexibility index (Phi) is 15.9. The molecule has 0 aliphatic heterocycles. The van der Waals surface area contributed by atoms with Crippen LogP contribution in [-0.4, -0.2) is 61.8 Å². The minimum absolute atomic E-state index is 0. The monoisotopic (exact) mass is 428 g/mol. The number of nitrogens with zero attached hydrogens (tertiary/aromatic N) is 2. The van der Waals surface area contributed by atoms with Crippen molar-refractivity contribution in [2.45, 2.75) is 58.5 Å². The van der Waals surface area contributed by atoms with E-state index in [1.165, 1.54) is 0 Å². The lowest BCUT2D eigenvalue weighted by molar-refractivity contribution is 0.0306. The lowest BCUT2D eigenvalue weighted by Gasteiger charge is -2.26. The molecule has 0 aromatic carbocycles. The van der Waals surface area contributed by atoms with Gasteiger partial charge in [-0.2, -0.15) is 0 Å². The molecule has 0 aromatic heterocycles. The normalized spacial score (nSPS) is 12.2. The summed E-state index contributed by atoms with van der Waals surface area (Å²) in [5.41, 5.74) is -0.657. The number of halogens is 1. The highest BCUT2D eigenvalue weighted by Crippen LogP contribution is 2.19. The van der Waals surface area contributed by atoms with Crippen LogP contribution in [0.15, 0.2) is 4.99 Å². The zero-order valence-corrected chi connectivity index (χ0v) is 17.4. The van der Waals surface area contributed by atoms with E-state index in [0.717, 1.165) is 57.7 Å². The second-order valence-corrected chi connectivity index (χ2v) is 6.00. The smallest absolute Gasteiger partial charge is 0.191 e. The Morgan fingerprint density at radius 3 is 2.14 bits per heavy atom. The molecule has 0 aliphatic rings. The Bertz CT molecular complexity index is 279. The second-order valence-electron chi connectivity index (χ2n) is 6.00. The summed E-state index contributed by atoms with van der Waals surface area (Å²) in [5, 5.41) is 17.2. The van der Waals surface area contributed by atoms with Crippen LogP contribution in [0.25, 0.3) is 0 Å². The third-order valence-corrected chi connectivity index (χ3v) is 3.38. The number of nitrogens with one attached hydrogen (secondary N) is 2. The molecule has 0 radical (unpaired) electrons. The average Bonchev–Trinajstić information content (AvgIpc) is 2.41. The van der Waals surface area contributed by atoms with Crippen molar-refractivity contribution in [1.82, 2.24) is 15.5 Å². The first kappa shape index (κ1) is 24.2. The average molecular weight is 428 g/mol. The van der Waals surface area contributed by atoms with Gasteiger partial charge in [-0.15, -0.1) is 24.0 Å². The molecule has 0 saturated carbocycles. The van der Waals surface area contributed by atoms with E-state index >= 15 is 0 Å². The molecule has 0 saturated heterocycles. The number of hydrogen-bond donors (Lipinski definition) is 3. The highest BCUT2D eigenvalue weighted by Gasteiger charge is 2.24. The number of rotatable bonds is 11. The summed E-state index contributed by atoms with van der Waals surface area (Å²) in [6.45, 7) is 9.52. The van der Waals surface area contributed by atoms with Crippen LogP contribution in [0.4, 0.5) is 0 Å². The van der Waals surface area contributed by atoms with E-state index < -0.39 is 5.60 Å². The zero-order valence-electron chi connectivity index (χ0n) is 15.1. The maximum absolute atomic E-state index is 10.6. The third kappa shape index (κ3) is 12.5. The van der Waals surface area contributed by atoms with E-state index in [-0.39, 0.29) is 24.0 Å². The van der Waals surface area contributed by atoms with E-state index in [9.17, 15) is 5.11 Å². The second kappa shape index (κ2) is 14.5. The van der Waals surface area contributed by atoms with Gasteiger partial charge < -0.3 is 20.6 Å². The van der Waals surface area contributed by atoms with Crippen molar-refractivity contribution in [3.05, 3.63) is 0 Å². The topological polar surface area (TPSA) is 59.9 Å². The largest absolute Gasteiger partial charge is 0.388 e. The van der Waals surface area contributed by atoms with Crippen LogP contribution in [0.1, 0.15) is 52.9 Å². The van der Waals surface area contributed by atoms with Crippen LogP contribution in [0, 0.1) is 0 Å². The summed E-state index contributed by atoms with van der Waals surface area (Å²) in [6.07, 6.45) is 4.66. The van der Waals surface area contributed by atoms with Gasteiger partial charge in [0.05, 0.1) is 12.1 Å². The summed E-state index contributed by atoms with van der Waals surface area (Å²) in [6, 6.07) is 0.